The van der Waals surface area contributed by atoms with Gasteiger partial charge >= 0.3 is 0 Å². The van der Waals surface area contributed by atoms with E-state index < -0.39 is 0 Å². The number of nitrogens with one attached hydrogen (secondary N) is 1. The maximum Gasteiger partial charge on any atom is 0.253 e. The highest BCUT2D eigenvalue weighted by Gasteiger charge is 2.09. The minimum absolute atomic E-state index is 0.213. The number of carbonyl (C=O) groups excluding carboxylic acids is 1. The van der Waals surface area contributed by atoms with Crippen LogP contribution in [0.5, 0.6) is 0 Å². The normalized spacial score (nSPS) is 9.69. The monoisotopic (exact) mass is 238 g/mol. The Morgan fingerprint density at radius 1 is 1.50 bits per heavy atom. The molecule has 0 aromatic heterocycles. The van der Waals surface area contributed by atoms with Crippen LogP contribution in [0.3, 0.4) is 0 Å². The Morgan fingerprint density at radius 2 is 2.19 bits per heavy atom. The summed E-state index contributed by atoms with van der Waals surface area (Å²) in [7, 11) is 0. The van der Waals surface area contributed by atoms with Gasteiger partial charge in [0.2, 0.25) is 0 Å². The van der Waals surface area contributed by atoms with Crippen LogP contribution < -0.4 is 11.1 Å². The smallest absolute Gasteiger partial charge is 0.253 e. The number of allylic oxidation sites excluding steroid dienone is 1. The zero-order valence-corrected chi connectivity index (χ0v) is 10.1. The minimum atomic E-state index is -0.213. The SMILES string of the molecule is CC(C)=CCNC(=O)c1cc(N)ccc1Cl. The zero-order valence-electron chi connectivity index (χ0n) is 9.38. The molecule has 1 aromatic rings. The number of rotatable bonds is 3. The van der Waals surface area contributed by atoms with Gasteiger partial charge in [-0.3, -0.25) is 4.79 Å². The lowest BCUT2D eigenvalue weighted by molar-refractivity contribution is 0.0958. The second kappa shape index (κ2) is 5.56. The van der Waals surface area contributed by atoms with E-state index in [1.165, 1.54) is 0 Å². The summed E-state index contributed by atoms with van der Waals surface area (Å²) in [5.74, 6) is -0.213. The first-order valence-electron chi connectivity index (χ1n) is 4.97. The molecule has 4 heteroatoms. The van der Waals surface area contributed by atoms with E-state index in [0.717, 1.165) is 5.57 Å². The number of benzene rings is 1. The number of hydrogen-bond donors (Lipinski definition) is 2. The maximum atomic E-state index is 11.7. The van der Waals surface area contributed by atoms with Crippen molar-refractivity contribution in [2.75, 3.05) is 12.3 Å². The van der Waals surface area contributed by atoms with Crippen molar-refractivity contribution in [3.05, 3.63) is 40.4 Å². The Hall–Kier alpha value is -1.48. The molecule has 86 valence electrons. The average Bonchev–Trinajstić information content (AvgIpc) is 2.21. The van der Waals surface area contributed by atoms with Crippen LogP contribution in [-0.4, -0.2) is 12.5 Å². The minimum Gasteiger partial charge on any atom is -0.399 e. The highest BCUT2D eigenvalue weighted by Crippen LogP contribution is 2.18. The van der Waals surface area contributed by atoms with Gasteiger partial charge in [-0.2, -0.15) is 0 Å². The van der Waals surface area contributed by atoms with Crippen molar-refractivity contribution < 1.29 is 4.79 Å². The third kappa shape index (κ3) is 3.59. The molecule has 0 spiro atoms. The van der Waals surface area contributed by atoms with Gasteiger partial charge in [0, 0.05) is 12.2 Å². The van der Waals surface area contributed by atoms with Gasteiger partial charge in [-0.15, -0.1) is 0 Å². The summed E-state index contributed by atoms with van der Waals surface area (Å²) < 4.78 is 0. The van der Waals surface area contributed by atoms with E-state index >= 15 is 0 Å². The summed E-state index contributed by atoms with van der Waals surface area (Å²) in [5.41, 5.74) is 7.67. The molecule has 0 radical (unpaired) electrons. The third-order valence-corrected chi connectivity index (χ3v) is 2.34. The van der Waals surface area contributed by atoms with E-state index in [1.807, 2.05) is 19.9 Å². The fraction of sp³-hybridized carbons (Fsp3) is 0.250. The van der Waals surface area contributed by atoms with Gasteiger partial charge in [0.15, 0.2) is 0 Å². The van der Waals surface area contributed by atoms with E-state index in [-0.39, 0.29) is 5.91 Å². The molecule has 0 saturated heterocycles. The van der Waals surface area contributed by atoms with Crippen LogP contribution in [0.1, 0.15) is 24.2 Å². The van der Waals surface area contributed by atoms with Gasteiger partial charge in [-0.25, -0.2) is 0 Å². The van der Waals surface area contributed by atoms with Gasteiger partial charge < -0.3 is 11.1 Å². The number of nitrogen functional groups attached to an aromatic ring is 1. The molecule has 0 aliphatic heterocycles. The highest BCUT2D eigenvalue weighted by molar-refractivity contribution is 6.34. The van der Waals surface area contributed by atoms with Crippen LogP contribution in [0, 0.1) is 0 Å². The molecular formula is C12H15ClN2O. The summed E-state index contributed by atoms with van der Waals surface area (Å²) in [6, 6.07) is 4.85. The predicted octanol–water partition coefficient (Wildman–Crippen LogP) is 2.62. The number of nitrogens with two attached hydrogens (primary N) is 1. The van der Waals surface area contributed by atoms with Crippen molar-refractivity contribution >= 4 is 23.2 Å². The summed E-state index contributed by atoms with van der Waals surface area (Å²) in [6.07, 6.45) is 1.93. The molecule has 0 fully saturated rings. The topological polar surface area (TPSA) is 55.1 Å². The molecule has 0 bridgehead atoms. The highest BCUT2D eigenvalue weighted by atomic mass is 35.5. The molecule has 16 heavy (non-hydrogen) atoms. The van der Waals surface area contributed by atoms with Crippen LogP contribution in [0.2, 0.25) is 5.02 Å². The summed E-state index contributed by atoms with van der Waals surface area (Å²) in [5, 5.41) is 3.15. The first-order valence-corrected chi connectivity index (χ1v) is 5.35. The molecule has 1 rings (SSSR count). The molecular weight excluding hydrogens is 224 g/mol. The predicted molar refractivity (Wildman–Crippen MR) is 67.6 cm³/mol. The lowest BCUT2D eigenvalue weighted by Gasteiger charge is -2.05. The number of carbonyl (C=O) groups is 1. The summed E-state index contributed by atoms with van der Waals surface area (Å²) >= 11 is 5.90. The second-order valence-electron chi connectivity index (χ2n) is 3.73. The van der Waals surface area contributed by atoms with E-state index in [9.17, 15) is 4.79 Å². The molecule has 0 atom stereocenters. The molecule has 0 aliphatic carbocycles. The molecule has 1 amide bonds. The Bertz CT molecular complexity index is 423. The van der Waals surface area contributed by atoms with Crippen molar-refractivity contribution in [3.63, 3.8) is 0 Å². The van der Waals surface area contributed by atoms with Crippen LogP contribution in [0.15, 0.2) is 29.8 Å². The summed E-state index contributed by atoms with van der Waals surface area (Å²) in [6.45, 7) is 4.44. The zero-order chi connectivity index (χ0) is 12.1. The molecule has 0 unspecified atom stereocenters. The van der Waals surface area contributed by atoms with Crippen LogP contribution in [0.25, 0.3) is 0 Å². The van der Waals surface area contributed by atoms with Crippen LogP contribution in [0.4, 0.5) is 5.69 Å². The van der Waals surface area contributed by atoms with Gasteiger partial charge in [-0.1, -0.05) is 23.3 Å². The van der Waals surface area contributed by atoms with Gasteiger partial charge in [0.1, 0.15) is 0 Å². The fourth-order valence-electron chi connectivity index (χ4n) is 1.16. The van der Waals surface area contributed by atoms with Gasteiger partial charge in [0.05, 0.1) is 10.6 Å². The first-order chi connectivity index (χ1) is 7.50. The van der Waals surface area contributed by atoms with E-state index in [1.54, 1.807) is 18.2 Å². The Morgan fingerprint density at radius 3 is 2.81 bits per heavy atom. The Balaban J connectivity index is 2.73. The fourth-order valence-corrected chi connectivity index (χ4v) is 1.36. The largest absolute Gasteiger partial charge is 0.399 e. The molecule has 3 N–H and O–H groups in total. The van der Waals surface area contributed by atoms with E-state index in [2.05, 4.69) is 5.32 Å². The molecule has 3 nitrogen and oxygen atoms in total. The molecule has 0 aliphatic rings. The number of anilines is 1. The Kier molecular flexibility index (Phi) is 4.38. The third-order valence-electron chi connectivity index (χ3n) is 2.01. The quantitative estimate of drug-likeness (QED) is 0.628. The van der Waals surface area contributed by atoms with Gasteiger partial charge in [0.25, 0.3) is 5.91 Å². The standard InChI is InChI=1S/C12H15ClN2O/c1-8(2)5-6-15-12(16)10-7-9(14)3-4-11(10)13/h3-5,7H,6,14H2,1-2H3,(H,15,16). The van der Waals surface area contributed by atoms with E-state index in [4.69, 9.17) is 17.3 Å². The van der Waals surface area contributed by atoms with Gasteiger partial charge in [-0.05, 0) is 32.0 Å². The lowest BCUT2D eigenvalue weighted by atomic mass is 10.2. The summed E-state index contributed by atoms with van der Waals surface area (Å²) in [4.78, 5) is 11.7. The van der Waals surface area contributed by atoms with Crippen LogP contribution in [-0.2, 0) is 0 Å². The number of hydrogen-bond acceptors (Lipinski definition) is 2. The molecule has 1 aromatic carbocycles. The van der Waals surface area contributed by atoms with Crippen LogP contribution >= 0.6 is 11.6 Å². The molecule has 0 heterocycles. The average molecular weight is 239 g/mol. The van der Waals surface area contributed by atoms with Crippen molar-refractivity contribution in [1.29, 1.82) is 0 Å². The van der Waals surface area contributed by atoms with Crippen molar-refractivity contribution in [2.24, 2.45) is 0 Å². The van der Waals surface area contributed by atoms with Crippen molar-refractivity contribution in [1.82, 2.24) is 5.32 Å². The Labute approximate surface area is 100 Å². The lowest BCUT2D eigenvalue weighted by Crippen LogP contribution is -2.23. The van der Waals surface area contributed by atoms with Crippen molar-refractivity contribution in [3.8, 4) is 0 Å². The first kappa shape index (κ1) is 12.6. The maximum absolute atomic E-state index is 11.7. The van der Waals surface area contributed by atoms with Crippen molar-refractivity contribution in [2.45, 2.75) is 13.8 Å². The number of amides is 1. The second-order valence-corrected chi connectivity index (χ2v) is 4.14. The van der Waals surface area contributed by atoms with E-state index in [0.29, 0.717) is 22.8 Å². The molecule has 0 saturated carbocycles. The number of halogens is 1.